The summed E-state index contributed by atoms with van der Waals surface area (Å²) in [6, 6.07) is 1.46. The molecule has 0 saturated carbocycles. The van der Waals surface area contributed by atoms with E-state index in [1.165, 1.54) is 16.8 Å². The van der Waals surface area contributed by atoms with Crippen LogP contribution in [0.5, 0.6) is 0 Å². The summed E-state index contributed by atoms with van der Waals surface area (Å²) in [4.78, 5) is 14.3. The van der Waals surface area contributed by atoms with Crippen LogP contribution < -0.4 is 11.4 Å². The number of hydrogen-bond acceptors (Lipinski definition) is 6. The third-order valence-corrected chi connectivity index (χ3v) is 5.92. The van der Waals surface area contributed by atoms with E-state index in [-0.39, 0.29) is 32.2 Å². The van der Waals surface area contributed by atoms with Gasteiger partial charge in [-0.2, -0.15) is 0 Å². The van der Waals surface area contributed by atoms with E-state index in [2.05, 4.69) is 4.98 Å². The zero-order chi connectivity index (χ0) is 12.6. The van der Waals surface area contributed by atoms with Crippen molar-refractivity contribution in [1.82, 2.24) is 9.55 Å². The van der Waals surface area contributed by atoms with E-state index >= 15 is 0 Å². The Morgan fingerprint density at radius 1 is 1.47 bits per heavy atom. The number of rotatable bonds is 2. The van der Waals surface area contributed by atoms with Gasteiger partial charge in [-0.3, -0.25) is 0 Å². The minimum absolute atomic E-state index is 0.116. The quantitative estimate of drug-likeness (QED) is 0.450. The Morgan fingerprint density at radius 3 is 2.71 bits per heavy atom. The maximum absolute atomic E-state index is 11.6. The molecule has 0 spiro atoms. The summed E-state index contributed by atoms with van der Waals surface area (Å²) in [6.45, 7) is -0.203. The molecule has 1 aliphatic rings. The van der Waals surface area contributed by atoms with Crippen molar-refractivity contribution >= 4 is 20.8 Å². The fraction of sp³-hybridized carbons (Fsp3) is 0.556. The van der Waals surface area contributed by atoms with Crippen LogP contribution in [-0.2, 0) is 0 Å². The van der Waals surface area contributed by atoms with Gasteiger partial charge in [-0.1, -0.05) is 0 Å². The van der Waals surface area contributed by atoms with Gasteiger partial charge >= 0.3 is 103 Å². The van der Waals surface area contributed by atoms with Crippen LogP contribution in [0.2, 0.25) is 4.82 Å². The van der Waals surface area contributed by atoms with E-state index in [0.29, 0.717) is 0 Å². The summed E-state index contributed by atoms with van der Waals surface area (Å²) in [6.07, 6.45) is -0.614. The van der Waals surface area contributed by atoms with E-state index < -0.39 is 22.8 Å². The molecule has 17 heavy (non-hydrogen) atoms. The van der Waals surface area contributed by atoms with Crippen molar-refractivity contribution in [2.45, 2.75) is 22.0 Å². The maximum atomic E-state index is 11.6. The van der Waals surface area contributed by atoms with Crippen LogP contribution in [-0.4, -0.2) is 58.6 Å². The van der Waals surface area contributed by atoms with Crippen molar-refractivity contribution in [2.24, 2.45) is 0 Å². The zero-order valence-corrected chi connectivity index (χ0v) is 10.5. The fourth-order valence-corrected chi connectivity index (χ4v) is 4.62. The second-order valence-corrected chi connectivity index (χ2v) is 6.63. The molecular weight excluding hydrogens is 293 g/mol. The molecule has 7 nitrogen and oxygen atoms in total. The minimum atomic E-state index is -1.06. The number of nitrogens with two attached hydrogens (primary N) is 1. The number of hydrogen-bond donors (Lipinski definition) is 4. The van der Waals surface area contributed by atoms with E-state index in [0.717, 1.165) is 0 Å². The van der Waals surface area contributed by atoms with E-state index in [1.807, 2.05) is 0 Å². The van der Waals surface area contributed by atoms with E-state index in [9.17, 15) is 15.0 Å². The van der Waals surface area contributed by atoms with Crippen molar-refractivity contribution in [3.05, 3.63) is 22.7 Å². The average Bonchev–Trinajstić information content (AvgIpc) is 2.57. The molecule has 5 N–H and O–H groups in total. The normalized spacial score (nSPS) is 32.9. The zero-order valence-electron chi connectivity index (χ0n) is 8.80. The molecule has 1 aliphatic heterocycles. The van der Waals surface area contributed by atoms with E-state index in [4.69, 9.17) is 10.8 Å². The first-order valence-electron chi connectivity index (χ1n) is 5.01. The number of aliphatic hydroxyl groups is 3. The van der Waals surface area contributed by atoms with Gasteiger partial charge in [0.2, 0.25) is 0 Å². The molecule has 0 unspecified atom stereocenters. The number of nitrogen functional groups attached to an aromatic ring is 1. The predicted molar refractivity (Wildman–Crippen MR) is 60.5 cm³/mol. The summed E-state index contributed by atoms with van der Waals surface area (Å²) in [5, 5.41) is 28.6. The molecule has 8 heteroatoms. The Labute approximate surface area is 103 Å². The van der Waals surface area contributed by atoms with Gasteiger partial charge in [0.05, 0.1) is 0 Å². The Bertz CT molecular complexity index is 466. The Balaban J connectivity index is 2.32. The summed E-state index contributed by atoms with van der Waals surface area (Å²) in [7, 11) is 0. The Kier molecular flexibility index (Phi) is 3.50. The molecule has 0 radical (unpaired) electrons. The third kappa shape index (κ3) is 2.22. The van der Waals surface area contributed by atoms with Crippen molar-refractivity contribution in [2.75, 3.05) is 12.3 Å². The summed E-state index contributed by atoms with van der Waals surface area (Å²) < 4.78 is 1.26. The SMILES string of the molecule is Nc1ccn([C@@H]2[Se][C@H](CO)[C@@H](O)[C@H]2O)c(=O)n1. The first-order valence-corrected chi connectivity index (χ1v) is 6.99. The number of aromatic nitrogens is 2. The second kappa shape index (κ2) is 4.75. The molecule has 1 saturated heterocycles. The van der Waals surface area contributed by atoms with Crippen LogP contribution in [0, 0.1) is 0 Å². The fourth-order valence-electron chi connectivity index (χ4n) is 1.73. The summed E-state index contributed by atoms with van der Waals surface area (Å²) >= 11 is -0.283. The predicted octanol–water partition coefficient (Wildman–Crippen LogP) is -2.46. The van der Waals surface area contributed by atoms with Gasteiger partial charge < -0.3 is 0 Å². The van der Waals surface area contributed by atoms with Crippen LogP contribution >= 0.6 is 0 Å². The van der Waals surface area contributed by atoms with Crippen LogP contribution in [0.4, 0.5) is 5.82 Å². The average molecular weight is 306 g/mol. The molecule has 0 amide bonds. The summed E-state index contributed by atoms with van der Waals surface area (Å²) in [5.74, 6) is 0.116. The standard InChI is InChI=1S/C9H13N3O4Se/c10-5-1-2-12(9(16)11-5)8-7(15)6(14)4(3-13)17-8/h1-2,4,6-8,13-15H,3H2,(H2,10,11,16)/t4-,6-,7-,8-/m1/s1. The second-order valence-electron chi connectivity index (χ2n) is 3.77. The van der Waals surface area contributed by atoms with Crippen molar-refractivity contribution in [1.29, 1.82) is 0 Å². The van der Waals surface area contributed by atoms with Gasteiger partial charge in [-0.05, 0) is 0 Å². The molecule has 0 aromatic carbocycles. The third-order valence-electron chi connectivity index (χ3n) is 2.64. The molecule has 94 valence electrons. The van der Waals surface area contributed by atoms with Crippen molar-refractivity contribution < 1.29 is 15.3 Å². The summed E-state index contributed by atoms with van der Waals surface area (Å²) in [5.41, 5.74) is 4.82. The number of anilines is 1. The monoisotopic (exact) mass is 307 g/mol. The van der Waals surface area contributed by atoms with Crippen LogP contribution in [0.15, 0.2) is 17.1 Å². The van der Waals surface area contributed by atoms with E-state index in [1.54, 1.807) is 0 Å². The van der Waals surface area contributed by atoms with Gasteiger partial charge in [-0.25, -0.2) is 0 Å². The van der Waals surface area contributed by atoms with Crippen LogP contribution in [0.1, 0.15) is 4.94 Å². The van der Waals surface area contributed by atoms with Crippen molar-refractivity contribution in [3.8, 4) is 0 Å². The molecule has 4 atom stereocenters. The molecular formula is C9H13N3O4Se. The molecule has 1 aromatic heterocycles. The first-order chi connectivity index (χ1) is 8.04. The number of nitrogens with zero attached hydrogens (tertiary/aromatic N) is 2. The molecule has 2 rings (SSSR count). The molecule has 1 aromatic rings. The molecule has 0 bridgehead atoms. The topological polar surface area (TPSA) is 122 Å². The van der Waals surface area contributed by atoms with Gasteiger partial charge in [-0.15, -0.1) is 0 Å². The molecule has 2 heterocycles. The van der Waals surface area contributed by atoms with Crippen LogP contribution in [0.3, 0.4) is 0 Å². The Hall–Kier alpha value is -0.921. The molecule has 0 aliphatic carbocycles. The van der Waals surface area contributed by atoms with Gasteiger partial charge in [0.15, 0.2) is 0 Å². The van der Waals surface area contributed by atoms with Crippen LogP contribution in [0.25, 0.3) is 0 Å². The van der Waals surface area contributed by atoms with Gasteiger partial charge in [0, 0.05) is 0 Å². The van der Waals surface area contributed by atoms with Crippen molar-refractivity contribution in [3.63, 3.8) is 0 Å². The molecule has 1 fully saturated rings. The Morgan fingerprint density at radius 2 is 2.18 bits per heavy atom. The first kappa shape index (κ1) is 12.5. The van der Waals surface area contributed by atoms with Gasteiger partial charge in [0.25, 0.3) is 0 Å². The number of aliphatic hydroxyl groups excluding tert-OH is 3. The van der Waals surface area contributed by atoms with Gasteiger partial charge in [0.1, 0.15) is 0 Å².